The molecule has 0 amide bonds. The molecule has 2 heterocycles. The molecule has 1 aliphatic carbocycles. The van der Waals surface area contributed by atoms with Crippen LogP contribution in [-0.4, -0.2) is 19.1 Å². The van der Waals surface area contributed by atoms with Gasteiger partial charge in [-0.3, -0.25) is 0 Å². The summed E-state index contributed by atoms with van der Waals surface area (Å²) in [6.07, 6.45) is 12.3. The molecule has 1 fully saturated rings. The van der Waals surface area contributed by atoms with E-state index in [1.54, 1.807) is 0 Å². The van der Waals surface area contributed by atoms with Gasteiger partial charge in [0.1, 0.15) is 0 Å². The summed E-state index contributed by atoms with van der Waals surface area (Å²) in [5.74, 6) is 0.773. The zero-order valence-corrected chi connectivity index (χ0v) is 8.58. The van der Waals surface area contributed by atoms with Gasteiger partial charge < -0.3 is 9.13 Å². The van der Waals surface area contributed by atoms with Crippen LogP contribution in [0.4, 0.5) is 0 Å². The Kier molecular flexibility index (Phi) is 2.05. The molecule has 2 aromatic rings. The van der Waals surface area contributed by atoms with Crippen molar-refractivity contribution in [1.29, 1.82) is 0 Å². The van der Waals surface area contributed by atoms with Crippen molar-refractivity contribution < 1.29 is 0 Å². The second-order valence-corrected chi connectivity index (χ2v) is 4.09. The van der Waals surface area contributed by atoms with E-state index in [1.807, 2.05) is 31.2 Å². The molecule has 4 nitrogen and oxygen atoms in total. The van der Waals surface area contributed by atoms with Gasteiger partial charge in [0.25, 0.3) is 0 Å². The Morgan fingerprint density at radius 1 is 1.20 bits per heavy atom. The minimum atomic E-state index is 0.773. The SMILES string of the molecule is c1cn(CCn2cncc2C2CC2)cn1. The first kappa shape index (κ1) is 8.71. The maximum absolute atomic E-state index is 4.22. The quantitative estimate of drug-likeness (QED) is 0.755. The van der Waals surface area contributed by atoms with Gasteiger partial charge in [-0.1, -0.05) is 0 Å². The molecule has 0 aliphatic heterocycles. The van der Waals surface area contributed by atoms with Gasteiger partial charge in [0, 0.05) is 43.3 Å². The van der Waals surface area contributed by atoms with Crippen molar-refractivity contribution in [1.82, 2.24) is 19.1 Å². The van der Waals surface area contributed by atoms with E-state index in [9.17, 15) is 0 Å². The maximum Gasteiger partial charge on any atom is 0.0948 e. The molecule has 0 N–H and O–H groups in total. The third-order valence-electron chi connectivity index (χ3n) is 2.90. The molecule has 1 aliphatic rings. The number of hydrogen-bond donors (Lipinski definition) is 0. The van der Waals surface area contributed by atoms with Crippen molar-refractivity contribution in [3.05, 3.63) is 36.9 Å². The minimum absolute atomic E-state index is 0.773. The van der Waals surface area contributed by atoms with Crippen LogP contribution in [0.5, 0.6) is 0 Å². The van der Waals surface area contributed by atoms with Gasteiger partial charge in [0.2, 0.25) is 0 Å². The fraction of sp³-hybridized carbons (Fsp3) is 0.455. The lowest BCUT2D eigenvalue weighted by Crippen LogP contribution is -2.07. The van der Waals surface area contributed by atoms with Crippen molar-refractivity contribution in [2.75, 3.05) is 0 Å². The molecule has 0 spiro atoms. The summed E-state index contributed by atoms with van der Waals surface area (Å²) in [4.78, 5) is 8.25. The monoisotopic (exact) mass is 202 g/mol. The predicted octanol–water partition coefficient (Wildman–Crippen LogP) is 1.66. The summed E-state index contributed by atoms with van der Waals surface area (Å²) in [6.45, 7) is 1.96. The summed E-state index contributed by atoms with van der Waals surface area (Å²) < 4.78 is 4.36. The molecule has 4 heteroatoms. The first-order valence-electron chi connectivity index (χ1n) is 5.39. The standard InChI is InChI=1S/C11H14N4/c1-2-10(1)11-7-13-9-15(11)6-5-14-4-3-12-8-14/h3-4,7-10H,1-2,5-6H2. The molecule has 0 aromatic carbocycles. The lowest BCUT2D eigenvalue weighted by Gasteiger charge is -2.07. The van der Waals surface area contributed by atoms with Gasteiger partial charge in [-0.15, -0.1) is 0 Å². The van der Waals surface area contributed by atoms with Crippen LogP contribution >= 0.6 is 0 Å². The van der Waals surface area contributed by atoms with E-state index in [-0.39, 0.29) is 0 Å². The second kappa shape index (κ2) is 3.53. The Morgan fingerprint density at radius 2 is 2.13 bits per heavy atom. The van der Waals surface area contributed by atoms with Gasteiger partial charge in [-0.25, -0.2) is 9.97 Å². The number of aryl methyl sites for hydroxylation is 2. The van der Waals surface area contributed by atoms with Gasteiger partial charge >= 0.3 is 0 Å². The van der Waals surface area contributed by atoms with E-state index >= 15 is 0 Å². The molecule has 0 radical (unpaired) electrons. The van der Waals surface area contributed by atoms with E-state index < -0.39 is 0 Å². The molecular weight excluding hydrogens is 188 g/mol. The number of aromatic nitrogens is 4. The van der Waals surface area contributed by atoms with Crippen LogP contribution in [0.2, 0.25) is 0 Å². The Morgan fingerprint density at radius 3 is 2.87 bits per heavy atom. The van der Waals surface area contributed by atoms with E-state index in [1.165, 1.54) is 18.5 Å². The fourth-order valence-electron chi connectivity index (χ4n) is 1.88. The first-order valence-corrected chi connectivity index (χ1v) is 5.39. The van der Waals surface area contributed by atoms with E-state index in [0.717, 1.165) is 19.0 Å². The summed E-state index contributed by atoms with van der Waals surface area (Å²) in [7, 11) is 0. The van der Waals surface area contributed by atoms with Crippen LogP contribution in [0.3, 0.4) is 0 Å². The zero-order chi connectivity index (χ0) is 10.1. The molecule has 0 unspecified atom stereocenters. The van der Waals surface area contributed by atoms with Crippen molar-refractivity contribution in [2.24, 2.45) is 0 Å². The number of hydrogen-bond acceptors (Lipinski definition) is 2. The zero-order valence-electron chi connectivity index (χ0n) is 8.58. The van der Waals surface area contributed by atoms with Crippen LogP contribution in [0, 0.1) is 0 Å². The third kappa shape index (κ3) is 1.79. The molecule has 78 valence electrons. The molecule has 0 bridgehead atoms. The lowest BCUT2D eigenvalue weighted by atomic mass is 10.3. The molecule has 3 rings (SSSR count). The van der Waals surface area contributed by atoms with Crippen molar-refractivity contribution in [2.45, 2.75) is 31.8 Å². The highest BCUT2D eigenvalue weighted by Gasteiger charge is 2.26. The molecular formula is C11H14N4. The summed E-state index contributed by atoms with van der Waals surface area (Å²) in [5, 5.41) is 0. The summed E-state index contributed by atoms with van der Waals surface area (Å²) >= 11 is 0. The Balaban J connectivity index is 1.68. The highest BCUT2D eigenvalue weighted by atomic mass is 15.1. The van der Waals surface area contributed by atoms with Crippen molar-refractivity contribution in [3.8, 4) is 0 Å². The van der Waals surface area contributed by atoms with Gasteiger partial charge in [0.15, 0.2) is 0 Å². The van der Waals surface area contributed by atoms with E-state index in [0.29, 0.717) is 0 Å². The Hall–Kier alpha value is -1.58. The van der Waals surface area contributed by atoms with E-state index in [2.05, 4.69) is 19.1 Å². The topological polar surface area (TPSA) is 35.6 Å². The maximum atomic E-state index is 4.22. The highest BCUT2D eigenvalue weighted by molar-refractivity contribution is 5.12. The van der Waals surface area contributed by atoms with Crippen LogP contribution < -0.4 is 0 Å². The minimum Gasteiger partial charge on any atom is -0.336 e. The van der Waals surface area contributed by atoms with Crippen LogP contribution in [0.1, 0.15) is 24.5 Å². The predicted molar refractivity (Wildman–Crippen MR) is 56.4 cm³/mol. The second-order valence-electron chi connectivity index (χ2n) is 4.09. The van der Waals surface area contributed by atoms with Gasteiger partial charge in [0.05, 0.1) is 12.7 Å². The van der Waals surface area contributed by atoms with Crippen LogP contribution in [0.25, 0.3) is 0 Å². The normalized spacial score (nSPS) is 15.7. The average Bonchev–Trinajstić information content (AvgIpc) is 2.81. The molecule has 0 atom stereocenters. The van der Waals surface area contributed by atoms with Crippen LogP contribution in [0.15, 0.2) is 31.2 Å². The summed E-state index contributed by atoms with van der Waals surface area (Å²) in [5.41, 5.74) is 1.40. The van der Waals surface area contributed by atoms with Crippen molar-refractivity contribution >= 4 is 0 Å². The average molecular weight is 202 g/mol. The largest absolute Gasteiger partial charge is 0.336 e. The number of rotatable bonds is 4. The smallest absolute Gasteiger partial charge is 0.0948 e. The highest BCUT2D eigenvalue weighted by Crippen LogP contribution is 2.39. The first-order chi connectivity index (χ1) is 7.43. The number of nitrogens with zero attached hydrogens (tertiary/aromatic N) is 4. The lowest BCUT2D eigenvalue weighted by molar-refractivity contribution is 0.562. The number of imidazole rings is 2. The van der Waals surface area contributed by atoms with Crippen LogP contribution in [-0.2, 0) is 13.1 Å². The summed E-state index contributed by atoms with van der Waals surface area (Å²) in [6, 6.07) is 0. The molecule has 0 saturated heterocycles. The third-order valence-corrected chi connectivity index (χ3v) is 2.90. The van der Waals surface area contributed by atoms with Crippen molar-refractivity contribution in [3.63, 3.8) is 0 Å². The molecule has 1 saturated carbocycles. The fourth-order valence-corrected chi connectivity index (χ4v) is 1.88. The molecule has 15 heavy (non-hydrogen) atoms. The molecule has 2 aromatic heterocycles. The van der Waals surface area contributed by atoms with E-state index in [4.69, 9.17) is 0 Å². The van der Waals surface area contributed by atoms with Gasteiger partial charge in [-0.05, 0) is 12.8 Å². The van der Waals surface area contributed by atoms with Gasteiger partial charge in [-0.2, -0.15) is 0 Å². The Labute approximate surface area is 88.6 Å². The Bertz CT molecular complexity index is 425.